The van der Waals surface area contributed by atoms with Gasteiger partial charge >= 0.3 is 0 Å². The van der Waals surface area contributed by atoms with Gasteiger partial charge in [0.05, 0.1) is 16.9 Å². The number of aryl methyl sites for hydroxylation is 2. The largest absolute Gasteiger partial charge is 0.344 e. The molecule has 0 aliphatic rings. The molecule has 0 aliphatic carbocycles. The van der Waals surface area contributed by atoms with E-state index in [1.807, 2.05) is 50.8 Å². The lowest BCUT2D eigenvalue weighted by molar-refractivity contribution is -0.135. The fourth-order valence-corrected chi connectivity index (χ4v) is 3.19. The summed E-state index contributed by atoms with van der Waals surface area (Å²) >= 11 is 0. The zero-order valence-corrected chi connectivity index (χ0v) is 15.8. The highest BCUT2D eigenvalue weighted by Gasteiger charge is 2.29. The van der Waals surface area contributed by atoms with Crippen LogP contribution < -0.4 is 5.73 Å². The molecule has 0 spiro atoms. The Labute approximate surface area is 150 Å². The van der Waals surface area contributed by atoms with E-state index in [0.717, 1.165) is 36.2 Å². The first kappa shape index (κ1) is 19.2. The molecule has 1 heterocycles. The van der Waals surface area contributed by atoms with E-state index in [1.54, 1.807) is 4.90 Å². The van der Waals surface area contributed by atoms with Crippen molar-refractivity contribution in [2.45, 2.75) is 45.1 Å². The van der Waals surface area contributed by atoms with Crippen LogP contribution in [0.25, 0.3) is 11.3 Å². The van der Waals surface area contributed by atoms with Crippen LogP contribution in [-0.2, 0) is 18.3 Å². The third-order valence-electron chi connectivity index (χ3n) is 4.53. The second-order valence-corrected chi connectivity index (χ2v) is 7.01. The van der Waals surface area contributed by atoms with Crippen LogP contribution in [0, 0.1) is 0 Å². The van der Waals surface area contributed by atoms with Gasteiger partial charge in [-0.05, 0) is 37.8 Å². The van der Waals surface area contributed by atoms with Crippen LogP contribution in [0.15, 0.2) is 36.4 Å². The summed E-state index contributed by atoms with van der Waals surface area (Å²) in [7, 11) is 3.79. The van der Waals surface area contributed by atoms with Gasteiger partial charge in [-0.25, -0.2) is 0 Å². The number of carbonyl (C=O) groups excluding carboxylic acids is 1. The first-order valence-electron chi connectivity index (χ1n) is 8.98. The second-order valence-electron chi connectivity index (χ2n) is 7.01. The Morgan fingerprint density at radius 1 is 1.32 bits per heavy atom. The Morgan fingerprint density at radius 2 is 2.00 bits per heavy atom. The van der Waals surface area contributed by atoms with E-state index < -0.39 is 5.54 Å². The molecule has 0 bridgehead atoms. The molecule has 5 heteroatoms. The molecule has 0 saturated heterocycles. The minimum absolute atomic E-state index is 0.0142. The van der Waals surface area contributed by atoms with E-state index in [4.69, 9.17) is 5.73 Å². The van der Waals surface area contributed by atoms with Gasteiger partial charge in [0.1, 0.15) is 0 Å². The molecule has 0 radical (unpaired) electrons. The third kappa shape index (κ3) is 4.92. The lowest BCUT2D eigenvalue weighted by Gasteiger charge is -2.29. The highest BCUT2D eigenvalue weighted by Crippen LogP contribution is 2.20. The van der Waals surface area contributed by atoms with Crippen LogP contribution in [0.3, 0.4) is 0 Å². The molecule has 0 saturated carbocycles. The Bertz CT molecular complexity index is 691. The first-order valence-corrected chi connectivity index (χ1v) is 8.98. The van der Waals surface area contributed by atoms with Crippen molar-refractivity contribution in [2.24, 2.45) is 12.8 Å². The van der Waals surface area contributed by atoms with Crippen molar-refractivity contribution in [3.63, 3.8) is 0 Å². The van der Waals surface area contributed by atoms with Crippen molar-refractivity contribution in [1.82, 2.24) is 14.7 Å². The Kier molecular flexibility index (Phi) is 6.37. The maximum atomic E-state index is 12.4. The number of hydrogen-bond acceptors (Lipinski definition) is 3. The van der Waals surface area contributed by atoms with Crippen LogP contribution in [0.4, 0.5) is 0 Å². The van der Waals surface area contributed by atoms with Crippen molar-refractivity contribution >= 4 is 5.91 Å². The molecule has 0 aliphatic heterocycles. The van der Waals surface area contributed by atoms with Gasteiger partial charge in [0, 0.05) is 20.6 Å². The van der Waals surface area contributed by atoms with Gasteiger partial charge in [-0.15, -0.1) is 0 Å². The molecule has 2 aromatic rings. The highest BCUT2D eigenvalue weighted by atomic mass is 16.2. The van der Waals surface area contributed by atoms with Crippen LogP contribution in [-0.4, -0.2) is 39.7 Å². The minimum Gasteiger partial charge on any atom is -0.344 e. The predicted octanol–water partition coefficient (Wildman–Crippen LogP) is 3.00. The van der Waals surface area contributed by atoms with E-state index in [2.05, 4.69) is 23.3 Å². The molecule has 1 aromatic carbocycles. The summed E-state index contributed by atoms with van der Waals surface area (Å²) in [5.74, 6) is 0.0142. The number of nitrogens with zero attached hydrogens (tertiary/aromatic N) is 3. The van der Waals surface area contributed by atoms with E-state index in [0.29, 0.717) is 13.0 Å². The lowest BCUT2D eigenvalue weighted by atomic mass is 9.96. The predicted molar refractivity (Wildman–Crippen MR) is 102 cm³/mol. The van der Waals surface area contributed by atoms with E-state index in [1.165, 1.54) is 0 Å². The molecule has 2 N–H and O–H groups in total. The summed E-state index contributed by atoms with van der Waals surface area (Å²) in [5.41, 5.74) is 8.68. The average Bonchev–Trinajstić information content (AvgIpc) is 2.95. The fourth-order valence-electron chi connectivity index (χ4n) is 3.19. The third-order valence-corrected chi connectivity index (χ3v) is 4.53. The smallest absolute Gasteiger partial charge is 0.242 e. The molecular formula is C20H30N4O. The number of amides is 1. The first-order chi connectivity index (χ1) is 11.8. The summed E-state index contributed by atoms with van der Waals surface area (Å²) in [5, 5.41) is 4.60. The van der Waals surface area contributed by atoms with Crippen LogP contribution in [0.2, 0.25) is 0 Å². The second kappa shape index (κ2) is 8.30. The van der Waals surface area contributed by atoms with Crippen molar-refractivity contribution < 1.29 is 4.79 Å². The number of nitrogens with two attached hydrogens (primary N) is 1. The number of aromatic nitrogens is 2. The van der Waals surface area contributed by atoms with Crippen LogP contribution in [0.5, 0.6) is 0 Å². The van der Waals surface area contributed by atoms with Gasteiger partial charge in [0.25, 0.3) is 0 Å². The minimum atomic E-state index is -0.769. The summed E-state index contributed by atoms with van der Waals surface area (Å²) in [6, 6.07) is 12.4. The summed E-state index contributed by atoms with van der Waals surface area (Å²) in [6.45, 7) is 4.55. The maximum Gasteiger partial charge on any atom is 0.242 e. The molecule has 25 heavy (non-hydrogen) atoms. The highest BCUT2D eigenvalue weighted by molar-refractivity contribution is 5.85. The zero-order chi connectivity index (χ0) is 18.4. The van der Waals surface area contributed by atoms with Crippen molar-refractivity contribution in [2.75, 3.05) is 13.6 Å². The van der Waals surface area contributed by atoms with Crippen molar-refractivity contribution in [1.29, 1.82) is 0 Å². The van der Waals surface area contributed by atoms with Crippen LogP contribution in [0.1, 0.15) is 38.8 Å². The van der Waals surface area contributed by atoms with Gasteiger partial charge < -0.3 is 10.6 Å². The molecule has 1 aromatic heterocycles. The zero-order valence-electron chi connectivity index (χ0n) is 15.8. The monoisotopic (exact) mass is 342 g/mol. The molecular weight excluding hydrogens is 312 g/mol. The van der Waals surface area contributed by atoms with Gasteiger partial charge in [-0.2, -0.15) is 5.10 Å². The quantitative estimate of drug-likeness (QED) is 0.802. The summed E-state index contributed by atoms with van der Waals surface area (Å²) < 4.78 is 1.91. The Balaban J connectivity index is 1.91. The van der Waals surface area contributed by atoms with Gasteiger partial charge in [-0.3, -0.25) is 9.48 Å². The van der Waals surface area contributed by atoms with Crippen molar-refractivity contribution in [3.05, 3.63) is 42.1 Å². The standard InChI is InChI=1S/C20H30N4O/c1-5-13-20(2,21)19(25)23(3)14-9-12-17-15-18(24(4)22-17)16-10-7-6-8-11-16/h6-8,10-11,15H,5,9,12-14,21H2,1-4H3. The van der Waals surface area contributed by atoms with E-state index in [-0.39, 0.29) is 5.91 Å². The van der Waals surface area contributed by atoms with Crippen LogP contribution >= 0.6 is 0 Å². The number of rotatable bonds is 8. The van der Waals surface area contributed by atoms with Gasteiger partial charge in [-0.1, -0.05) is 43.7 Å². The topological polar surface area (TPSA) is 64.2 Å². The van der Waals surface area contributed by atoms with Gasteiger partial charge in [0.15, 0.2) is 0 Å². The molecule has 1 unspecified atom stereocenters. The van der Waals surface area contributed by atoms with E-state index >= 15 is 0 Å². The SMILES string of the molecule is CCCC(C)(N)C(=O)N(C)CCCc1cc(-c2ccccc2)n(C)n1. The number of hydrogen-bond donors (Lipinski definition) is 1. The van der Waals surface area contributed by atoms with Crippen molar-refractivity contribution in [3.8, 4) is 11.3 Å². The molecule has 136 valence electrons. The average molecular weight is 342 g/mol. The van der Waals surface area contributed by atoms with E-state index in [9.17, 15) is 4.79 Å². The normalized spacial score (nSPS) is 13.5. The lowest BCUT2D eigenvalue weighted by Crippen LogP contribution is -2.52. The number of carbonyl (C=O) groups is 1. The Hall–Kier alpha value is -2.14. The molecule has 5 nitrogen and oxygen atoms in total. The van der Waals surface area contributed by atoms with Gasteiger partial charge in [0.2, 0.25) is 5.91 Å². The number of benzene rings is 1. The molecule has 1 amide bonds. The fraction of sp³-hybridized carbons (Fsp3) is 0.500. The molecule has 0 fully saturated rings. The number of likely N-dealkylation sites (N-methyl/N-ethyl adjacent to an activating group) is 1. The molecule has 1 atom stereocenters. The maximum absolute atomic E-state index is 12.4. The summed E-state index contributed by atoms with van der Waals surface area (Å²) in [4.78, 5) is 14.2. The Morgan fingerprint density at radius 3 is 2.64 bits per heavy atom. The summed E-state index contributed by atoms with van der Waals surface area (Å²) in [6.07, 6.45) is 3.32. The molecule has 2 rings (SSSR count).